The minimum atomic E-state index is -5.27. The van der Waals surface area contributed by atoms with E-state index in [1.807, 2.05) is 6.92 Å². The number of rotatable bonds is 8. The van der Waals surface area contributed by atoms with E-state index in [0.29, 0.717) is 31.4 Å². The van der Waals surface area contributed by atoms with Gasteiger partial charge in [0.15, 0.2) is 17.5 Å². The third-order valence-corrected chi connectivity index (χ3v) is 6.85. The minimum Gasteiger partial charge on any atom is -0.399 e. The summed E-state index contributed by atoms with van der Waals surface area (Å²) in [5.74, 6) is -8.73. The molecule has 1 fully saturated rings. The number of unbranched alkanes of at least 4 members (excludes halogenated alkanes) is 1. The van der Waals surface area contributed by atoms with Crippen molar-refractivity contribution < 1.29 is 49.0 Å². The molecular formula is C30H25F9O2. The van der Waals surface area contributed by atoms with Crippen LogP contribution in [0.1, 0.15) is 67.7 Å². The summed E-state index contributed by atoms with van der Waals surface area (Å²) >= 11 is 0. The van der Waals surface area contributed by atoms with Crippen LogP contribution in [-0.4, -0.2) is 13.0 Å². The highest BCUT2D eigenvalue weighted by Crippen LogP contribution is 2.40. The van der Waals surface area contributed by atoms with Gasteiger partial charge in [-0.2, -0.15) is 0 Å². The van der Waals surface area contributed by atoms with E-state index >= 15 is 4.39 Å². The zero-order valence-corrected chi connectivity index (χ0v) is 21.7. The molecule has 41 heavy (non-hydrogen) atoms. The first-order valence-corrected chi connectivity index (χ1v) is 12.9. The van der Waals surface area contributed by atoms with Crippen LogP contribution in [0.4, 0.5) is 39.5 Å². The average molecular weight is 589 g/mol. The van der Waals surface area contributed by atoms with Gasteiger partial charge in [0.1, 0.15) is 17.5 Å². The maximum absolute atomic E-state index is 15.1. The second kappa shape index (κ2) is 12.6. The Morgan fingerprint density at radius 1 is 0.878 bits per heavy atom. The van der Waals surface area contributed by atoms with E-state index in [-0.39, 0.29) is 47.3 Å². The fourth-order valence-electron chi connectivity index (χ4n) is 4.75. The van der Waals surface area contributed by atoms with Gasteiger partial charge in [-0.25, -0.2) is 26.3 Å². The molecule has 4 rings (SSSR count). The highest BCUT2D eigenvalue weighted by molar-refractivity contribution is 5.69. The number of hydrogen-bond donors (Lipinski definition) is 0. The molecule has 220 valence electrons. The van der Waals surface area contributed by atoms with Crippen LogP contribution in [0.3, 0.4) is 0 Å². The van der Waals surface area contributed by atoms with Crippen molar-refractivity contribution in [1.82, 2.24) is 0 Å². The van der Waals surface area contributed by atoms with E-state index in [4.69, 9.17) is 4.74 Å². The van der Waals surface area contributed by atoms with Gasteiger partial charge >= 0.3 is 6.36 Å². The molecule has 0 saturated carbocycles. The van der Waals surface area contributed by atoms with Crippen molar-refractivity contribution in [1.29, 1.82) is 0 Å². The molecule has 0 aromatic heterocycles. The fraction of sp³-hybridized carbons (Fsp3) is 0.333. The molecule has 0 bridgehead atoms. The first kappa shape index (κ1) is 30.5. The smallest absolute Gasteiger partial charge is 0.399 e. The number of hydrogen-bond acceptors (Lipinski definition) is 2. The maximum atomic E-state index is 15.1. The minimum absolute atomic E-state index is 0.0112. The van der Waals surface area contributed by atoms with Crippen molar-refractivity contribution >= 4 is 5.83 Å². The van der Waals surface area contributed by atoms with Crippen LogP contribution < -0.4 is 4.74 Å². The zero-order valence-electron chi connectivity index (χ0n) is 21.7. The first-order valence-electron chi connectivity index (χ1n) is 12.9. The highest BCUT2D eigenvalue weighted by Gasteiger charge is 2.35. The Kier molecular flexibility index (Phi) is 9.36. The third-order valence-electron chi connectivity index (χ3n) is 6.85. The molecular weight excluding hydrogens is 563 g/mol. The molecule has 1 heterocycles. The maximum Gasteiger partial charge on any atom is 0.573 e. The Balaban J connectivity index is 1.45. The second-order valence-corrected chi connectivity index (χ2v) is 9.71. The van der Waals surface area contributed by atoms with Gasteiger partial charge in [-0.15, -0.1) is 13.2 Å². The Hall–Kier alpha value is -3.47. The van der Waals surface area contributed by atoms with E-state index < -0.39 is 59.1 Å². The van der Waals surface area contributed by atoms with Crippen LogP contribution in [0.2, 0.25) is 0 Å². The van der Waals surface area contributed by atoms with Gasteiger partial charge in [0.2, 0.25) is 5.75 Å². The molecule has 3 aromatic carbocycles. The quantitative estimate of drug-likeness (QED) is 0.244. The van der Waals surface area contributed by atoms with Crippen molar-refractivity contribution in [3.8, 4) is 16.9 Å². The van der Waals surface area contributed by atoms with Gasteiger partial charge < -0.3 is 9.47 Å². The SMILES string of the molecule is CCCCC(F)=C(F)c1ccc(-c2ccc(C3CCC(c4cc(F)c(OC(F)(F)F)c(F)c4)OC3)c(F)c2)c(F)c1. The fourth-order valence-corrected chi connectivity index (χ4v) is 4.75. The molecule has 2 atom stereocenters. The van der Waals surface area contributed by atoms with Crippen molar-refractivity contribution in [3.05, 3.63) is 94.3 Å². The van der Waals surface area contributed by atoms with E-state index in [2.05, 4.69) is 4.74 Å². The molecule has 2 unspecified atom stereocenters. The summed E-state index contributed by atoms with van der Waals surface area (Å²) in [6.45, 7) is 1.78. The number of allylic oxidation sites excluding steroid dienone is 1. The summed E-state index contributed by atoms with van der Waals surface area (Å²) in [6, 6.07) is 8.73. The summed E-state index contributed by atoms with van der Waals surface area (Å²) in [6.07, 6.45) is -4.58. The van der Waals surface area contributed by atoms with Crippen molar-refractivity contribution in [3.63, 3.8) is 0 Å². The van der Waals surface area contributed by atoms with Crippen LogP contribution in [0.25, 0.3) is 17.0 Å². The molecule has 0 aliphatic carbocycles. The Morgan fingerprint density at radius 2 is 1.59 bits per heavy atom. The Morgan fingerprint density at radius 3 is 2.15 bits per heavy atom. The Bertz CT molecular complexity index is 1400. The van der Waals surface area contributed by atoms with Gasteiger partial charge in [0.25, 0.3) is 0 Å². The van der Waals surface area contributed by atoms with Crippen LogP contribution in [-0.2, 0) is 4.74 Å². The third kappa shape index (κ3) is 7.25. The lowest BCUT2D eigenvalue weighted by Crippen LogP contribution is -2.21. The van der Waals surface area contributed by atoms with E-state index in [0.717, 1.165) is 12.1 Å². The molecule has 0 spiro atoms. The predicted octanol–water partition coefficient (Wildman–Crippen LogP) is 10.2. The lowest BCUT2D eigenvalue weighted by molar-refractivity contribution is -0.276. The van der Waals surface area contributed by atoms with Gasteiger partial charge in [-0.3, -0.25) is 0 Å². The topological polar surface area (TPSA) is 18.5 Å². The summed E-state index contributed by atoms with van der Waals surface area (Å²) in [4.78, 5) is 0. The highest BCUT2D eigenvalue weighted by atomic mass is 19.4. The lowest BCUT2D eigenvalue weighted by Gasteiger charge is -2.30. The predicted molar refractivity (Wildman–Crippen MR) is 134 cm³/mol. The molecule has 3 aromatic rings. The Labute approximate surface area is 230 Å². The monoisotopic (exact) mass is 588 g/mol. The molecule has 2 nitrogen and oxygen atoms in total. The molecule has 0 amide bonds. The molecule has 1 aliphatic heterocycles. The standard InChI is InChI=1S/C30H25F9O2/c1-2-3-4-22(31)28(36)17-6-9-20(24(33)12-17)16-5-8-21(23(32)11-16)18-7-10-27(40-15-18)19-13-25(34)29(26(35)14-19)41-30(37,38)39/h5-6,8-9,11-14,18,27H,2-4,7,10,15H2,1H3. The van der Waals surface area contributed by atoms with Gasteiger partial charge in [-0.05, 0) is 60.2 Å². The number of alkyl halides is 3. The normalized spacial score (nSPS) is 18.3. The molecule has 11 heteroatoms. The van der Waals surface area contributed by atoms with Crippen LogP contribution in [0.15, 0.2) is 54.4 Å². The van der Waals surface area contributed by atoms with Crippen LogP contribution in [0.5, 0.6) is 5.75 Å². The van der Waals surface area contributed by atoms with E-state index in [9.17, 15) is 35.1 Å². The van der Waals surface area contributed by atoms with Crippen LogP contribution in [0, 0.1) is 23.3 Å². The van der Waals surface area contributed by atoms with E-state index in [1.165, 1.54) is 24.3 Å². The second-order valence-electron chi connectivity index (χ2n) is 9.71. The van der Waals surface area contributed by atoms with Gasteiger partial charge in [0.05, 0.1) is 12.7 Å². The number of halogens is 9. The summed E-state index contributed by atoms with van der Waals surface area (Å²) in [7, 11) is 0. The zero-order chi connectivity index (χ0) is 29.9. The van der Waals surface area contributed by atoms with Crippen molar-refractivity contribution in [2.45, 2.75) is 57.4 Å². The molecule has 1 aliphatic rings. The van der Waals surface area contributed by atoms with E-state index in [1.54, 1.807) is 0 Å². The van der Waals surface area contributed by atoms with Crippen molar-refractivity contribution in [2.75, 3.05) is 6.61 Å². The summed E-state index contributed by atoms with van der Waals surface area (Å²) in [5, 5.41) is 0. The van der Waals surface area contributed by atoms with Crippen LogP contribution >= 0.6 is 0 Å². The number of ether oxygens (including phenoxy) is 2. The van der Waals surface area contributed by atoms with Gasteiger partial charge in [-0.1, -0.05) is 37.6 Å². The van der Waals surface area contributed by atoms with Gasteiger partial charge in [0, 0.05) is 23.5 Å². The number of benzene rings is 3. The summed E-state index contributed by atoms with van der Waals surface area (Å²) < 4.78 is 133. The average Bonchev–Trinajstić information content (AvgIpc) is 2.92. The molecule has 0 N–H and O–H groups in total. The first-order chi connectivity index (χ1) is 19.4. The summed E-state index contributed by atoms with van der Waals surface area (Å²) in [5.41, 5.74) is 0.130. The van der Waals surface area contributed by atoms with Crippen molar-refractivity contribution in [2.24, 2.45) is 0 Å². The lowest BCUT2D eigenvalue weighted by atomic mass is 9.88. The molecule has 1 saturated heterocycles. The molecule has 0 radical (unpaired) electrons. The largest absolute Gasteiger partial charge is 0.573 e.